The van der Waals surface area contributed by atoms with Crippen LogP contribution >= 0.6 is 0 Å². The summed E-state index contributed by atoms with van der Waals surface area (Å²) < 4.78 is 26.1. The Bertz CT molecular complexity index is 850. The van der Waals surface area contributed by atoms with Crippen LogP contribution in [0.15, 0.2) is 36.7 Å². The van der Waals surface area contributed by atoms with Crippen LogP contribution in [0.25, 0.3) is 0 Å². The predicted octanol–water partition coefficient (Wildman–Crippen LogP) is 2.97. The number of benzene rings is 1. The van der Waals surface area contributed by atoms with Gasteiger partial charge in [-0.25, -0.2) is 18.2 Å². The lowest BCUT2D eigenvalue weighted by Crippen LogP contribution is -2.41. The van der Waals surface area contributed by atoms with Crippen LogP contribution < -0.4 is 10.0 Å². The van der Waals surface area contributed by atoms with Crippen LogP contribution in [0.4, 0.5) is 16.2 Å². The van der Waals surface area contributed by atoms with Gasteiger partial charge in [-0.1, -0.05) is 6.92 Å². The van der Waals surface area contributed by atoms with Crippen molar-refractivity contribution in [2.75, 3.05) is 28.9 Å². The van der Waals surface area contributed by atoms with Crippen LogP contribution in [-0.2, 0) is 10.0 Å². The van der Waals surface area contributed by atoms with E-state index in [9.17, 15) is 13.2 Å². The molecule has 8 nitrogen and oxygen atoms in total. The van der Waals surface area contributed by atoms with Crippen molar-refractivity contribution >= 4 is 27.4 Å². The van der Waals surface area contributed by atoms with Crippen molar-refractivity contribution in [1.29, 1.82) is 0 Å². The molecule has 1 aliphatic rings. The molecule has 27 heavy (non-hydrogen) atoms. The van der Waals surface area contributed by atoms with E-state index in [1.54, 1.807) is 41.6 Å². The molecule has 1 aromatic heterocycles. The number of likely N-dealkylation sites (tertiary alicyclic amines) is 1. The molecule has 0 saturated carbocycles. The fourth-order valence-electron chi connectivity index (χ4n) is 3.21. The molecule has 1 saturated heterocycles. The highest BCUT2D eigenvalue weighted by Gasteiger charge is 2.26. The Balaban J connectivity index is 1.57. The molecule has 3 N–H and O–H groups in total. The molecule has 0 bridgehead atoms. The summed E-state index contributed by atoms with van der Waals surface area (Å²) in [7, 11) is -3.32. The van der Waals surface area contributed by atoms with E-state index in [2.05, 4.69) is 20.0 Å². The summed E-state index contributed by atoms with van der Waals surface area (Å²) in [5.41, 5.74) is 1.11. The first-order chi connectivity index (χ1) is 13.0. The van der Waals surface area contributed by atoms with Crippen molar-refractivity contribution in [3.8, 4) is 0 Å². The molecule has 0 radical (unpaired) electrons. The van der Waals surface area contributed by atoms with Gasteiger partial charge in [-0.3, -0.25) is 4.72 Å². The van der Waals surface area contributed by atoms with Crippen LogP contribution in [0, 0.1) is 0 Å². The number of aromatic amines is 1. The Morgan fingerprint density at radius 3 is 2.70 bits per heavy atom. The minimum absolute atomic E-state index is 0.0806. The van der Waals surface area contributed by atoms with Crippen LogP contribution in [0.5, 0.6) is 0 Å². The molecule has 1 fully saturated rings. The SMILES string of the molecule is CCCS(=O)(=O)Nc1ccc(NC(=O)N2CCC[C@H](c3ncc[nH]3)C2)cc1. The Morgan fingerprint density at radius 1 is 1.30 bits per heavy atom. The lowest BCUT2D eigenvalue weighted by molar-refractivity contribution is 0.191. The number of carbonyl (C=O) groups excluding carboxylic acids is 1. The molecule has 2 heterocycles. The maximum absolute atomic E-state index is 12.6. The standard InChI is InChI=1S/C18H25N5O3S/c1-2-12-27(25,26)22-16-7-5-15(6-8-16)21-18(24)23-11-3-4-14(13-23)17-19-9-10-20-17/h5-10,14,22H,2-4,11-13H2,1H3,(H,19,20)(H,21,24)/t14-/m0/s1. The van der Waals surface area contributed by atoms with E-state index in [4.69, 9.17) is 0 Å². The van der Waals surface area contributed by atoms with Crippen molar-refractivity contribution in [2.45, 2.75) is 32.1 Å². The number of rotatable bonds is 6. The zero-order valence-electron chi connectivity index (χ0n) is 15.3. The van der Waals surface area contributed by atoms with Crippen molar-refractivity contribution in [3.05, 3.63) is 42.5 Å². The molecule has 1 aromatic carbocycles. The predicted molar refractivity (Wildman–Crippen MR) is 105 cm³/mol. The molecule has 0 aliphatic carbocycles. The average molecular weight is 391 g/mol. The van der Waals surface area contributed by atoms with E-state index in [1.165, 1.54) is 0 Å². The number of H-pyrrole nitrogens is 1. The number of anilines is 2. The second kappa shape index (κ2) is 8.43. The Labute approximate surface area is 159 Å². The monoisotopic (exact) mass is 391 g/mol. The molecular weight excluding hydrogens is 366 g/mol. The van der Waals surface area contributed by atoms with E-state index in [1.807, 2.05) is 6.92 Å². The highest BCUT2D eigenvalue weighted by molar-refractivity contribution is 7.92. The number of imidazole rings is 1. The zero-order valence-corrected chi connectivity index (χ0v) is 16.1. The number of piperidine rings is 1. The van der Waals surface area contributed by atoms with Crippen LogP contribution in [0.1, 0.15) is 37.9 Å². The summed E-state index contributed by atoms with van der Waals surface area (Å²) >= 11 is 0. The molecule has 3 rings (SSSR count). The molecule has 9 heteroatoms. The number of aromatic nitrogens is 2. The highest BCUT2D eigenvalue weighted by atomic mass is 32.2. The highest BCUT2D eigenvalue weighted by Crippen LogP contribution is 2.25. The summed E-state index contributed by atoms with van der Waals surface area (Å²) in [5.74, 6) is 1.21. The van der Waals surface area contributed by atoms with Gasteiger partial charge in [0, 0.05) is 42.8 Å². The number of hydrogen-bond donors (Lipinski definition) is 3. The van der Waals surface area contributed by atoms with Crippen molar-refractivity contribution < 1.29 is 13.2 Å². The summed E-state index contributed by atoms with van der Waals surface area (Å²) in [6.45, 7) is 3.14. The van der Waals surface area contributed by atoms with E-state index in [0.29, 0.717) is 30.9 Å². The van der Waals surface area contributed by atoms with Gasteiger partial charge in [0.2, 0.25) is 10.0 Å². The van der Waals surface area contributed by atoms with Crippen LogP contribution in [0.3, 0.4) is 0 Å². The molecule has 1 atom stereocenters. The van der Waals surface area contributed by atoms with Gasteiger partial charge in [0.1, 0.15) is 5.82 Å². The van der Waals surface area contributed by atoms with Gasteiger partial charge in [0.25, 0.3) is 0 Å². The molecular formula is C18H25N5O3S. The van der Waals surface area contributed by atoms with Gasteiger partial charge in [-0.15, -0.1) is 0 Å². The molecule has 0 unspecified atom stereocenters. The fraction of sp³-hybridized carbons (Fsp3) is 0.444. The number of carbonyl (C=O) groups is 1. The molecule has 1 aliphatic heterocycles. The molecule has 2 aromatic rings. The first-order valence-corrected chi connectivity index (χ1v) is 10.8. The summed E-state index contributed by atoms with van der Waals surface area (Å²) in [5, 5.41) is 2.87. The van der Waals surface area contributed by atoms with E-state index in [0.717, 1.165) is 18.7 Å². The number of hydrogen-bond acceptors (Lipinski definition) is 4. The van der Waals surface area contributed by atoms with E-state index < -0.39 is 10.0 Å². The summed E-state index contributed by atoms with van der Waals surface area (Å²) in [6.07, 6.45) is 6.01. The van der Waals surface area contributed by atoms with Gasteiger partial charge in [0.05, 0.1) is 5.75 Å². The smallest absolute Gasteiger partial charge is 0.321 e. The number of nitrogens with one attached hydrogen (secondary N) is 3. The second-order valence-corrected chi connectivity index (χ2v) is 8.53. The van der Waals surface area contributed by atoms with E-state index >= 15 is 0 Å². The maximum atomic E-state index is 12.6. The third-order valence-electron chi connectivity index (χ3n) is 4.50. The quantitative estimate of drug-likeness (QED) is 0.703. The summed E-state index contributed by atoms with van der Waals surface area (Å²) in [6, 6.07) is 6.51. The zero-order chi connectivity index (χ0) is 19.3. The topological polar surface area (TPSA) is 107 Å². The van der Waals surface area contributed by atoms with Crippen molar-refractivity contribution in [3.63, 3.8) is 0 Å². The Kier molecular flexibility index (Phi) is 6.00. The van der Waals surface area contributed by atoms with Gasteiger partial charge in [-0.2, -0.15) is 0 Å². The van der Waals surface area contributed by atoms with Crippen LogP contribution in [-0.4, -0.2) is 48.2 Å². The maximum Gasteiger partial charge on any atom is 0.321 e. The van der Waals surface area contributed by atoms with Crippen molar-refractivity contribution in [2.24, 2.45) is 0 Å². The van der Waals surface area contributed by atoms with E-state index in [-0.39, 0.29) is 17.7 Å². The number of urea groups is 1. The third kappa shape index (κ3) is 5.22. The average Bonchev–Trinajstić information content (AvgIpc) is 3.18. The normalized spacial score (nSPS) is 17.5. The molecule has 0 spiro atoms. The first kappa shape index (κ1) is 19.2. The van der Waals surface area contributed by atoms with Gasteiger partial charge in [0.15, 0.2) is 0 Å². The fourth-order valence-corrected chi connectivity index (χ4v) is 4.34. The molecule has 146 valence electrons. The number of amides is 2. The van der Waals surface area contributed by atoms with Gasteiger partial charge in [-0.05, 0) is 43.5 Å². The number of nitrogens with zero attached hydrogens (tertiary/aromatic N) is 2. The largest absolute Gasteiger partial charge is 0.348 e. The second-order valence-electron chi connectivity index (χ2n) is 6.69. The van der Waals surface area contributed by atoms with Crippen LogP contribution in [0.2, 0.25) is 0 Å². The Hall–Kier alpha value is -2.55. The lowest BCUT2D eigenvalue weighted by Gasteiger charge is -2.31. The minimum Gasteiger partial charge on any atom is -0.348 e. The van der Waals surface area contributed by atoms with Gasteiger partial charge >= 0.3 is 6.03 Å². The first-order valence-electron chi connectivity index (χ1n) is 9.12. The summed E-state index contributed by atoms with van der Waals surface area (Å²) in [4.78, 5) is 21.8. The minimum atomic E-state index is -3.32. The Morgan fingerprint density at radius 2 is 2.04 bits per heavy atom. The van der Waals surface area contributed by atoms with Gasteiger partial charge < -0.3 is 15.2 Å². The van der Waals surface area contributed by atoms with Crippen molar-refractivity contribution in [1.82, 2.24) is 14.9 Å². The number of sulfonamides is 1. The lowest BCUT2D eigenvalue weighted by atomic mass is 9.98. The molecule has 2 amide bonds. The third-order valence-corrected chi connectivity index (χ3v) is 5.99.